The maximum atomic E-state index is 4.10. The zero-order chi connectivity index (χ0) is 68.6. The van der Waals surface area contributed by atoms with Crippen LogP contribution in [-0.2, 0) is 0 Å². The summed E-state index contributed by atoms with van der Waals surface area (Å²) in [5, 5.41) is 10.2. The van der Waals surface area contributed by atoms with E-state index < -0.39 is 32.3 Å². The molecule has 0 radical (unpaired) electrons. The topological polar surface area (TPSA) is 0 Å². The number of hydrogen-bond acceptors (Lipinski definition) is 0. The van der Waals surface area contributed by atoms with E-state index in [1.54, 1.807) is 0 Å². The van der Waals surface area contributed by atoms with Crippen molar-refractivity contribution >= 4 is 75.4 Å². The lowest BCUT2D eigenvalue weighted by Gasteiger charge is -2.45. The molecule has 4 heteroatoms. The van der Waals surface area contributed by atoms with E-state index in [9.17, 15) is 0 Å². The average Bonchev–Trinajstić information content (AvgIpc) is 0.698. The molecule has 94 heavy (non-hydrogen) atoms. The van der Waals surface area contributed by atoms with Crippen LogP contribution in [0.2, 0.25) is 66.5 Å². The third-order valence-corrected chi connectivity index (χ3v) is 50.0. The second-order valence-electron chi connectivity index (χ2n) is 33.2. The van der Waals surface area contributed by atoms with Crippen LogP contribution in [0, 0.1) is 52.8 Å². The van der Waals surface area contributed by atoms with E-state index in [1.807, 2.05) is 0 Å². The Balaban J connectivity index is 1.30. The third-order valence-electron chi connectivity index (χ3n) is 24.8. The number of fused-ring (bicyclic) bond motifs is 4. The van der Waals surface area contributed by atoms with Gasteiger partial charge in [0, 0.05) is 40.0 Å². The molecule has 4 atom stereocenters. The van der Waals surface area contributed by atoms with Crippen molar-refractivity contribution in [2.45, 2.75) is 270 Å². The quantitative estimate of drug-likeness (QED) is 0.0797. The zero-order valence-electron chi connectivity index (χ0n) is 62.8. The van der Waals surface area contributed by atoms with Crippen molar-refractivity contribution in [2.75, 3.05) is 0 Å². The van der Waals surface area contributed by atoms with Crippen molar-refractivity contribution < 1.29 is 0 Å². The van der Waals surface area contributed by atoms with Gasteiger partial charge in [-0.1, -0.05) is 270 Å². The molecule has 0 heterocycles. The standard InChI is InChI=1S/C90H114Si4/c1-55(2)91(56(3)4,57(5)6)39-35-69-27-31-73-43-67(25)81(51-77(73)44-69)89-83-48-74-32-28-70(36-40-92(58(7)8,59(9)10)60(11)12)45-78(74)52-82(83)68(26)88-84-49-75-33-29-72(38-42-94(64(19)20,65(21)22)66(23)24)47-80(75)54-87(84)90(89)86-50-76-34-30-71(46-79(76)53-85(86)88)37-41-93(61(13)14,62(15)16)63(17)18/h27-34,43-66,68,88-90H,1-26H3/t68?,88-,89+,90+/m1/s1. The molecule has 0 N–H and O–H groups in total. The molecule has 0 saturated heterocycles. The SMILES string of the molecule is Cc1cc2ccc(C#C[Si](C(C)C)(C(C)C)C(C)C)cc2cc1[C@H]1c2cc3ccc(C#C[Si](C(C)C)(C(C)C)C(C)C)cc3cc2C(C)[C@H]2c3cc4cc(C#C[Si](C(C)C)(C(C)C)C(C)C)ccc4cc3[C@H]1c1cc3cc(C#C[Si](C(C)C)(C(C)C)C(C)C)ccc3cc12. The van der Waals surface area contributed by atoms with Gasteiger partial charge in [0.15, 0.2) is 0 Å². The van der Waals surface area contributed by atoms with Gasteiger partial charge in [-0.05, 0) is 215 Å². The smallest absolute Gasteiger partial charge is 0.125 e. The Morgan fingerprint density at radius 3 is 0.702 bits per heavy atom. The molecule has 490 valence electrons. The second kappa shape index (κ2) is 27.1. The first-order valence-electron chi connectivity index (χ1n) is 36.7. The Bertz CT molecular complexity index is 4380. The summed E-state index contributed by atoms with van der Waals surface area (Å²) in [6.45, 7) is 63.1. The fraction of sp³-hybridized carbons (Fsp3) is 0.467. The van der Waals surface area contributed by atoms with E-state index in [0.717, 1.165) is 22.3 Å². The first-order chi connectivity index (χ1) is 44.3. The van der Waals surface area contributed by atoms with Gasteiger partial charge in [0.1, 0.15) is 32.3 Å². The molecule has 0 nitrogen and oxygen atoms in total. The molecule has 11 rings (SSSR count). The Kier molecular flexibility index (Phi) is 20.4. The summed E-state index contributed by atoms with van der Waals surface area (Å²) in [6, 6.07) is 49.3. The second-order valence-corrected chi connectivity index (χ2v) is 55.5. The normalized spacial score (nSPS) is 16.8. The van der Waals surface area contributed by atoms with Crippen LogP contribution >= 0.6 is 0 Å². The summed E-state index contributed by atoms with van der Waals surface area (Å²) in [5.41, 5.74) is 39.0. The summed E-state index contributed by atoms with van der Waals surface area (Å²) in [6.07, 6.45) is 0. The molecular formula is C90H114Si4. The van der Waals surface area contributed by atoms with Crippen molar-refractivity contribution in [3.63, 3.8) is 0 Å². The minimum Gasteiger partial charge on any atom is -0.125 e. The van der Waals surface area contributed by atoms with Crippen LogP contribution in [0.15, 0.2) is 121 Å². The lowest BCUT2D eigenvalue weighted by atomic mass is 9.57. The molecule has 1 unspecified atom stereocenters. The highest BCUT2D eigenvalue weighted by atomic mass is 28.3. The molecule has 3 aliphatic rings. The Morgan fingerprint density at radius 2 is 0.436 bits per heavy atom. The fourth-order valence-corrected chi connectivity index (χ4v) is 41.1. The van der Waals surface area contributed by atoms with Crippen molar-refractivity contribution in [2.24, 2.45) is 0 Å². The van der Waals surface area contributed by atoms with Gasteiger partial charge in [-0.2, -0.15) is 0 Å². The molecule has 2 bridgehead atoms. The zero-order valence-corrected chi connectivity index (χ0v) is 66.8. The van der Waals surface area contributed by atoms with Gasteiger partial charge < -0.3 is 0 Å². The molecule has 0 fully saturated rings. The molecule has 3 aliphatic carbocycles. The van der Waals surface area contributed by atoms with E-state index in [2.05, 4.69) is 347 Å². The van der Waals surface area contributed by atoms with Crippen LogP contribution in [0.1, 0.15) is 264 Å². The van der Waals surface area contributed by atoms with Gasteiger partial charge in [-0.15, -0.1) is 22.2 Å². The van der Waals surface area contributed by atoms with Crippen LogP contribution in [0.25, 0.3) is 43.1 Å². The number of hydrogen-bond donors (Lipinski definition) is 0. The predicted octanol–water partition coefficient (Wildman–Crippen LogP) is 26.4. The molecule has 0 aromatic heterocycles. The first-order valence-corrected chi connectivity index (χ1v) is 45.6. The van der Waals surface area contributed by atoms with Crippen LogP contribution in [-0.4, -0.2) is 32.3 Å². The van der Waals surface area contributed by atoms with Crippen molar-refractivity contribution in [1.82, 2.24) is 0 Å². The maximum Gasteiger partial charge on any atom is 0.146 e. The fourth-order valence-electron chi connectivity index (χ4n) is 20.2. The van der Waals surface area contributed by atoms with E-state index in [1.165, 1.54) is 87.6 Å². The molecular weight excluding hydrogens is 1190 g/mol. The number of aryl methyl sites for hydroxylation is 1. The molecule has 8 aromatic carbocycles. The highest BCUT2D eigenvalue weighted by molar-refractivity contribution is 6.92. The first kappa shape index (κ1) is 70.7. The minimum atomic E-state index is -1.99. The Labute approximate surface area is 575 Å². The Morgan fingerprint density at radius 1 is 0.234 bits per heavy atom. The van der Waals surface area contributed by atoms with Crippen LogP contribution < -0.4 is 0 Å². The van der Waals surface area contributed by atoms with Gasteiger partial charge >= 0.3 is 0 Å². The maximum absolute atomic E-state index is 4.10. The van der Waals surface area contributed by atoms with Crippen molar-refractivity contribution in [3.8, 4) is 45.9 Å². The molecule has 0 spiro atoms. The van der Waals surface area contributed by atoms with Crippen molar-refractivity contribution in [3.05, 3.63) is 188 Å². The van der Waals surface area contributed by atoms with Crippen molar-refractivity contribution in [1.29, 1.82) is 0 Å². The van der Waals surface area contributed by atoms with Crippen LogP contribution in [0.4, 0.5) is 0 Å². The number of rotatable bonds is 13. The monoisotopic (exact) mass is 1310 g/mol. The van der Waals surface area contributed by atoms with E-state index >= 15 is 0 Å². The lowest BCUT2D eigenvalue weighted by Crippen LogP contribution is -2.43. The predicted molar refractivity (Wildman–Crippen MR) is 426 cm³/mol. The van der Waals surface area contributed by atoms with Gasteiger partial charge in [-0.3, -0.25) is 0 Å². The minimum absolute atomic E-state index is 0.00855. The summed E-state index contributed by atoms with van der Waals surface area (Å²) < 4.78 is 0. The van der Waals surface area contributed by atoms with E-state index in [4.69, 9.17) is 0 Å². The summed E-state index contributed by atoms with van der Waals surface area (Å²) >= 11 is 0. The molecule has 0 amide bonds. The molecule has 8 aromatic rings. The number of benzene rings is 8. The summed E-state index contributed by atoms with van der Waals surface area (Å²) in [7, 11) is -7.93. The summed E-state index contributed by atoms with van der Waals surface area (Å²) in [5.74, 6) is 15.7. The van der Waals surface area contributed by atoms with E-state index in [-0.39, 0.29) is 23.7 Å². The Hall–Kier alpha value is -6.09. The van der Waals surface area contributed by atoms with Crippen LogP contribution in [0.3, 0.4) is 0 Å². The third kappa shape index (κ3) is 12.1. The largest absolute Gasteiger partial charge is 0.146 e. The highest BCUT2D eigenvalue weighted by Gasteiger charge is 2.48. The van der Waals surface area contributed by atoms with Gasteiger partial charge in [0.25, 0.3) is 0 Å². The van der Waals surface area contributed by atoms with Gasteiger partial charge in [0.05, 0.1) is 0 Å². The van der Waals surface area contributed by atoms with Gasteiger partial charge in [-0.25, -0.2) is 0 Å². The van der Waals surface area contributed by atoms with Crippen LogP contribution in [0.5, 0.6) is 0 Å². The molecule has 0 aliphatic heterocycles. The highest BCUT2D eigenvalue weighted by Crippen LogP contribution is 2.61. The van der Waals surface area contributed by atoms with E-state index in [0.29, 0.717) is 66.5 Å². The van der Waals surface area contributed by atoms with Gasteiger partial charge in [0.2, 0.25) is 0 Å². The lowest BCUT2D eigenvalue weighted by molar-refractivity contribution is 0.551. The molecule has 0 saturated carbocycles. The summed E-state index contributed by atoms with van der Waals surface area (Å²) in [4.78, 5) is 0. The average molecular weight is 1310 g/mol.